The summed E-state index contributed by atoms with van der Waals surface area (Å²) < 4.78 is 18.6. The van der Waals surface area contributed by atoms with Crippen molar-refractivity contribution >= 4 is 0 Å². The summed E-state index contributed by atoms with van der Waals surface area (Å²) in [6.07, 6.45) is 8.50. The van der Waals surface area contributed by atoms with Crippen LogP contribution in [0.5, 0.6) is 5.88 Å². The van der Waals surface area contributed by atoms with Crippen LogP contribution < -0.4 is 10.4 Å². The van der Waals surface area contributed by atoms with E-state index in [1.165, 1.54) is 11.1 Å². The van der Waals surface area contributed by atoms with Crippen molar-refractivity contribution < 1.29 is 14.2 Å². The highest BCUT2D eigenvalue weighted by molar-refractivity contribution is 5.67. The molecule has 0 radical (unpaired) electrons. The maximum Gasteiger partial charge on any atom is 0.351 e. The fraction of sp³-hybridized carbons (Fsp3) is 0.417. The lowest BCUT2D eigenvalue weighted by molar-refractivity contribution is -0.0936. The Kier molecular flexibility index (Phi) is 6.22. The van der Waals surface area contributed by atoms with E-state index in [1.807, 2.05) is 12.3 Å². The molecule has 1 saturated heterocycles. The third kappa shape index (κ3) is 4.71. The summed E-state index contributed by atoms with van der Waals surface area (Å²) in [5.41, 5.74) is 5.13. The van der Waals surface area contributed by atoms with E-state index >= 15 is 0 Å². The Morgan fingerprint density at radius 2 is 2.12 bits per heavy atom. The number of nitrogens with zero attached hydrogens (tertiary/aromatic N) is 4. The Hall–Kier alpha value is -3.10. The second kappa shape index (κ2) is 9.58. The Bertz CT molecular complexity index is 1130. The minimum Gasteiger partial charge on any atom is -0.477 e. The van der Waals surface area contributed by atoms with Gasteiger partial charge in [-0.25, -0.2) is 4.79 Å². The van der Waals surface area contributed by atoms with Crippen molar-refractivity contribution in [3.8, 4) is 17.1 Å². The van der Waals surface area contributed by atoms with Crippen molar-refractivity contribution in [2.24, 2.45) is 0 Å². The lowest BCUT2D eigenvalue weighted by atomic mass is 9.94. The molecule has 0 saturated carbocycles. The number of aromatic nitrogens is 4. The van der Waals surface area contributed by atoms with Gasteiger partial charge in [-0.3, -0.25) is 14.5 Å². The largest absolute Gasteiger partial charge is 0.477 e. The highest BCUT2D eigenvalue weighted by atomic mass is 16.6. The van der Waals surface area contributed by atoms with E-state index in [9.17, 15) is 4.79 Å². The molecular formula is C24H26N4O4. The molecule has 2 aliphatic heterocycles. The number of hydrogen-bond donors (Lipinski definition) is 0. The van der Waals surface area contributed by atoms with E-state index in [0.717, 1.165) is 36.2 Å². The van der Waals surface area contributed by atoms with E-state index in [2.05, 4.69) is 33.2 Å². The molecule has 1 unspecified atom stereocenters. The van der Waals surface area contributed by atoms with Crippen LogP contribution in [0.1, 0.15) is 23.2 Å². The lowest BCUT2D eigenvalue weighted by Crippen LogP contribution is -2.30. The Morgan fingerprint density at radius 1 is 1.16 bits per heavy atom. The van der Waals surface area contributed by atoms with Gasteiger partial charge in [0.1, 0.15) is 0 Å². The molecule has 0 N–H and O–H groups in total. The first-order chi connectivity index (χ1) is 15.8. The van der Waals surface area contributed by atoms with Gasteiger partial charge >= 0.3 is 5.69 Å². The SMILES string of the molecule is O=c1nc(OCCC2COCCO2)cc2n1CCc1cc(CCc3cnccn3)ccc1-2. The standard InChI is InChI=1S/C24H26N4O4/c29-24-27-23(32-10-6-20-16-30-11-12-31-20)14-22-21-4-2-17(13-18(21)5-9-28(22)24)1-3-19-15-25-7-8-26-19/h2,4,7-8,13-15,20H,1,3,5-6,9-12,16H2. The van der Waals surface area contributed by atoms with Crippen LogP contribution >= 0.6 is 0 Å². The van der Waals surface area contributed by atoms with Crippen molar-refractivity contribution in [2.75, 3.05) is 26.4 Å². The molecule has 8 nitrogen and oxygen atoms in total. The molecule has 8 heteroatoms. The van der Waals surface area contributed by atoms with E-state index in [4.69, 9.17) is 14.2 Å². The number of benzene rings is 1. The maximum absolute atomic E-state index is 12.6. The predicted molar refractivity (Wildman–Crippen MR) is 118 cm³/mol. The minimum atomic E-state index is -0.271. The van der Waals surface area contributed by atoms with Gasteiger partial charge < -0.3 is 14.2 Å². The summed E-state index contributed by atoms with van der Waals surface area (Å²) in [7, 11) is 0. The second-order valence-corrected chi connectivity index (χ2v) is 8.06. The Balaban J connectivity index is 1.30. The van der Waals surface area contributed by atoms with Gasteiger partial charge in [-0.1, -0.05) is 18.2 Å². The monoisotopic (exact) mass is 434 g/mol. The van der Waals surface area contributed by atoms with Crippen LogP contribution in [-0.2, 0) is 35.3 Å². The van der Waals surface area contributed by atoms with Gasteiger partial charge in [-0.05, 0) is 30.4 Å². The average molecular weight is 434 g/mol. The third-order valence-corrected chi connectivity index (χ3v) is 5.90. The molecule has 1 aromatic carbocycles. The molecule has 5 rings (SSSR count). The molecule has 0 amide bonds. The molecule has 1 fully saturated rings. The molecule has 0 spiro atoms. The first-order valence-corrected chi connectivity index (χ1v) is 11.1. The molecule has 166 valence electrons. The quantitative estimate of drug-likeness (QED) is 0.563. The first kappa shape index (κ1) is 20.8. The molecular weight excluding hydrogens is 408 g/mol. The Labute approximate surface area is 186 Å². The first-order valence-electron chi connectivity index (χ1n) is 11.1. The lowest BCUT2D eigenvalue weighted by Gasteiger charge is -2.23. The number of aryl methyl sites for hydroxylation is 3. The smallest absolute Gasteiger partial charge is 0.351 e. The third-order valence-electron chi connectivity index (χ3n) is 5.90. The summed E-state index contributed by atoms with van der Waals surface area (Å²) in [6.45, 7) is 2.88. The normalized spacial score (nSPS) is 17.4. The second-order valence-electron chi connectivity index (χ2n) is 8.06. The molecule has 0 aliphatic carbocycles. The van der Waals surface area contributed by atoms with Gasteiger partial charge in [0.05, 0.1) is 43.9 Å². The van der Waals surface area contributed by atoms with E-state index < -0.39 is 0 Å². The van der Waals surface area contributed by atoms with Crippen molar-refractivity contribution in [3.05, 3.63) is 70.2 Å². The van der Waals surface area contributed by atoms with Gasteiger partial charge in [0.15, 0.2) is 0 Å². The molecule has 2 aliphatic rings. The molecule has 3 aromatic rings. The highest BCUT2D eigenvalue weighted by Crippen LogP contribution is 2.30. The summed E-state index contributed by atoms with van der Waals surface area (Å²) in [4.78, 5) is 25.2. The molecule has 1 atom stereocenters. The molecule has 2 aromatic heterocycles. The number of ether oxygens (including phenoxy) is 3. The van der Waals surface area contributed by atoms with Crippen molar-refractivity contribution in [2.45, 2.75) is 38.3 Å². The topological polar surface area (TPSA) is 88.4 Å². The van der Waals surface area contributed by atoms with Crippen LogP contribution in [0.2, 0.25) is 0 Å². The summed E-state index contributed by atoms with van der Waals surface area (Å²) in [5.74, 6) is 0.359. The van der Waals surface area contributed by atoms with Crippen LogP contribution in [0.25, 0.3) is 11.3 Å². The zero-order chi connectivity index (χ0) is 21.8. The van der Waals surface area contributed by atoms with Crippen LogP contribution in [0, 0.1) is 0 Å². The van der Waals surface area contributed by atoms with Crippen molar-refractivity contribution in [1.82, 2.24) is 19.5 Å². The van der Waals surface area contributed by atoms with Gasteiger partial charge in [-0.2, -0.15) is 4.98 Å². The van der Waals surface area contributed by atoms with Crippen molar-refractivity contribution in [1.29, 1.82) is 0 Å². The fourth-order valence-corrected chi connectivity index (χ4v) is 4.22. The zero-order valence-corrected chi connectivity index (χ0v) is 17.9. The summed E-state index contributed by atoms with van der Waals surface area (Å²) in [6, 6.07) is 8.33. The Morgan fingerprint density at radius 3 is 2.97 bits per heavy atom. The van der Waals surface area contributed by atoms with E-state index in [1.54, 1.807) is 17.0 Å². The van der Waals surface area contributed by atoms with E-state index in [0.29, 0.717) is 45.3 Å². The number of fused-ring (bicyclic) bond motifs is 3. The highest BCUT2D eigenvalue weighted by Gasteiger charge is 2.20. The maximum atomic E-state index is 12.6. The summed E-state index contributed by atoms with van der Waals surface area (Å²) >= 11 is 0. The number of rotatable bonds is 7. The van der Waals surface area contributed by atoms with Crippen molar-refractivity contribution in [3.63, 3.8) is 0 Å². The summed E-state index contributed by atoms with van der Waals surface area (Å²) in [5, 5.41) is 0. The van der Waals surface area contributed by atoms with Gasteiger partial charge in [-0.15, -0.1) is 0 Å². The fourth-order valence-electron chi connectivity index (χ4n) is 4.22. The van der Waals surface area contributed by atoms with Crippen LogP contribution in [0.3, 0.4) is 0 Å². The van der Waals surface area contributed by atoms with Gasteiger partial charge in [0.2, 0.25) is 5.88 Å². The van der Waals surface area contributed by atoms with Gasteiger partial charge in [0, 0.05) is 43.2 Å². The molecule has 0 bridgehead atoms. The predicted octanol–water partition coefficient (Wildman–Crippen LogP) is 2.23. The van der Waals surface area contributed by atoms with Crippen LogP contribution in [-0.4, -0.2) is 52.1 Å². The number of hydrogen-bond acceptors (Lipinski definition) is 7. The minimum absolute atomic E-state index is 0.0310. The van der Waals surface area contributed by atoms with E-state index in [-0.39, 0.29) is 11.8 Å². The van der Waals surface area contributed by atoms with Crippen LogP contribution in [0.4, 0.5) is 0 Å². The van der Waals surface area contributed by atoms with Crippen LogP contribution in [0.15, 0.2) is 47.7 Å². The molecule has 4 heterocycles. The zero-order valence-electron chi connectivity index (χ0n) is 17.9. The average Bonchev–Trinajstić information content (AvgIpc) is 2.84. The van der Waals surface area contributed by atoms with Gasteiger partial charge in [0.25, 0.3) is 0 Å². The molecule has 32 heavy (non-hydrogen) atoms.